The molecule has 0 bridgehead atoms. The largest absolute Gasteiger partial charge is 0.477 e. The summed E-state index contributed by atoms with van der Waals surface area (Å²) < 4.78 is 5.41. The average Bonchev–Trinajstić information content (AvgIpc) is 2.31. The Morgan fingerprint density at radius 2 is 2.28 bits per heavy atom. The van der Waals surface area contributed by atoms with E-state index in [1.54, 1.807) is 6.20 Å². The predicted molar refractivity (Wildman–Crippen MR) is 68.2 cm³/mol. The molecule has 0 spiro atoms. The van der Waals surface area contributed by atoms with Crippen LogP contribution in [0.25, 0.3) is 0 Å². The Hall–Kier alpha value is -1.69. The summed E-state index contributed by atoms with van der Waals surface area (Å²) in [6, 6.07) is 0. The van der Waals surface area contributed by atoms with Gasteiger partial charge in [-0.1, -0.05) is 0 Å². The summed E-state index contributed by atoms with van der Waals surface area (Å²) in [6.45, 7) is 6.28. The first-order valence-electron chi connectivity index (χ1n) is 5.85. The molecule has 6 heteroatoms. The molecule has 0 aromatic carbocycles. The van der Waals surface area contributed by atoms with Crippen molar-refractivity contribution in [1.82, 2.24) is 15.3 Å². The van der Waals surface area contributed by atoms with Gasteiger partial charge in [-0.3, -0.25) is 4.79 Å². The Bertz CT molecular complexity index is 407. The molecule has 0 atom stereocenters. The molecule has 1 aromatic rings. The van der Waals surface area contributed by atoms with Gasteiger partial charge in [-0.2, -0.15) is 0 Å². The normalized spacial score (nSPS) is 11.1. The third-order valence-electron chi connectivity index (χ3n) is 2.40. The molecule has 0 radical (unpaired) electrons. The predicted octanol–water partition coefficient (Wildman–Crippen LogP) is 0.407. The van der Waals surface area contributed by atoms with E-state index in [-0.39, 0.29) is 24.5 Å². The van der Waals surface area contributed by atoms with Crippen LogP contribution in [0.5, 0.6) is 5.88 Å². The summed E-state index contributed by atoms with van der Waals surface area (Å²) in [6.07, 6.45) is 3.35. The maximum absolute atomic E-state index is 11.6. The van der Waals surface area contributed by atoms with E-state index in [4.69, 9.17) is 10.5 Å². The summed E-state index contributed by atoms with van der Waals surface area (Å²) in [5.41, 5.74) is 5.99. The van der Waals surface area contributed by atoms with Crippen LogP contribution in [0.1, 0.15) is 25.8 Å². The molecule has 0 aliphatic carbocycles. The van der Waals surface area contributed by atoms with Crippen LogP contribution in [0.4, 0.5) is 0 Å². The molecule has 0 aliphatic rings. The Labute approximate surface area is 107 Å². The van der Waals surface area contributed by atoms with Gasteiger partial charge in [0.05, 0.1) is 13.0 Å². The average molecular weight is 252 g/mol. The van der Waals surface area contributed by atoms with Crippen molar-refractivity contribution in [3.05, 3.63) is 18.1 Å². The van der Waals surface area contributed by atoms with Crippen molar-refractivity contribution < 1.29 is 9.53 Å². The first-order chi connectivity index (χ1) is 8.44. The molecule has 3 N–H and O–H groups in total. The minimum absolute atomic E-state index is 0.0860. The van der Waals surface area contributed by atoms with Gasteiger partial charge < -0.3 is 15.8 Å². The lowest BCUT2D eigenvalue weighted by Gasteiger charge is -2.24. The van der Waals surface area contributed by atoms with Crippen molar-refractivity contribution in [3.8, 4) is 5.88 Å². The van der Waals surface area contributed by atoms with Crippen molar-refractivity contribution in [2.45, 2.75) is 32.7 Å². The zero-order chi connectivity index (χ0) is 13.6. The summed E-state index contributed by atoms with van der Waals surface area (Å²) in [7, 11) is 0. The number of nitrogens with one attached hydrogen (secondary N) is 1. The lowest BCUT2D eigenvalue weighted by atomic mass is 10.1. The van der Waals surface area contributed by atoms with Gasteiger partial charge in [-0.15, -0.1) is 0 Å². The van der Waals surface area contributed by atoms with Crippen LogP contribution in [0.3, 0.4) is 0 Å². The number of nitrogens with zero attached hydrogens (tertiary/aromatic N) is 2. The van der Waals surface area contributed by atoms with Gasteiger partial charge in [-0.05, 0) is 20.8 Å². The van der Waals surface area contributed by atoms with Crippen LogP contribution in [-0.4, -0.2) is 34.6 Å². The lowest BCUT2D eigenvalue weighted by molar-refractivity contribution is -0.123. The fraction of sp³-hybridized carbons (Fsp3) is 0.583. The second-order valence-electron chi connectivity index (χ2n) is 4.75. The Balaban J connectivity index is 2.34. The van der Waals surface area contributed by atoms with Gasteiger partial charge in [0.25, 0.3) is 0 Å². The number of aryl methyl sites for hydroxylation is 1. The Kier molecular flexibility index (Phi) is 5.03. The van der Waals surface area contributed by atoms with E-state index < -0.39 is 0 Å². The SMILES string of the molecule is Cc1cncnc1OCCC(=O)NC(C)(C)CN. The number of ether oxygens (including phenoxy) is 1. The van der Waals surface area contributed by atoms with Gasteiger partial charge in [0, 0.05) is 23.8 Å². The highest BCUT2D eigenvalue weighted by atomic mass is 16.5. The standard InChI is InChI=1S/C12H20N4O2/c1-9-6-14-8-15-11(9)18-5-4-10(17)16-12(2,3)7-13/h6,8H,4-5,7,13H2,1-3H3,(H,16,17). The minimum atomic E-state index is -0.387. The highest BCUT2D eigenvalue weighted by Crippen LogP contribution is 2.10. The molecule has 0 saturated heterocycles. The Morgan fingerprint density at radius 1 is 1.56 bits per heavy atom. The van der Waals surface area contributed by atoms with Crippen molar-refractivity contribution in [3.63, 3.8) is 0 Å². The van der Waals surface area contributed by atoms with Crippen LogP contribution in [-0.2, 0) is 4.79 Å². The van der Waals surface area contributed by atoms with Crippen molar-refractivity contribution in [1.29, 1.82) is 0 Å². The first-order valence-corrected chi connectivity index (χ1v) is 5.85. The second-order valence-corrected chi connectivity index (χ2v) is 4.75. The summed E-state index contributed by atoms with van der Waals surface area (Å²) in [4.78, 5) is 19.5. The molecule has 1 rings (SSSR count). The van der Waals surface area contributed by atoms with Gasteiger partial charge >= 0.3 is 0 Å². The number of carbonyl (C=O) groups is 1. The van der Waals surface area contributed by atoms with E-state index in [1.807, 2.05) is 20.8 Å². The van der Waals surface area contributed by atoms with Crippen LogP contribution in [0.2, 0.25) is 0 Å². The smallest absolute Gasteiger partial charge is 0.223 e. The minimum Gasteiger partial charge on any atom is -0.477 e. The van der Waals surface area contributed by atoms with Crippen LogP contribution < -0.4 is 15.8 Å². The molecule has 1 amide bonds. The zero-order valence-corrected chi connectivity index (χ0v) is 11.1. The molecular weight excluding hydrogens is 232 g/mol. The van der Waals surface area contributed by atoms with Gasteiger partial charge in [0.15, 0.2) is 0 Å². The van der Waals surface area contributed by atoms with E-state index >= 15 is 0 Å². The van der Waals surface area contributed by atoms with Crippen LogP contribution in [0.15, 0.2) is 12.5 Å². The van der Waals surface area contributed by atoms with E-state index in [9.17, 15) is 4.79 Å². The zero-order valence-electron chi connectivity index (χ0n) is 11.1. The molecule has 100 valence electrons. The molecule has 0 aliphatic heterocycles. The maximum atomic E-state index is 11.6. The lowest BCUT2D eigenvalue weighted by Crippen LogP contribution is -2.49. The topological polar surface area (TPSA) is 90.1 Å². The molecule has 6 nitrogen and oxygen atoms in total. The molecule has 0 saturated carbocycles. The van der Waals surface area contributed by atoms with Crippen molar-refractivity contribution >= 4 is 5.91 Å². The van der Waals surface area contributed by atoms with E-state index in [1.165, 1.54) is 6.33 Å². The highest BCUT2D eigenvalue weighted by Gasteiger charge is 2.17. The molecule has 18 heavy (non-hydrogen) atoms. The number of aromatic nitrogens is 2. The number of amides is 1. The summed E-state index contributed by atoms with van der Waals surface area (Å²) >= 11 is 0. The fourth-order valence-electron chi connectivity index (χ4n) is 1.27. The number of nitrogens with two attached hydrogens (primary N) is 1. The van der Waals surface area contributed by atoms with E-state index in [2.05, 4.69) is 15.3 Å². The fourth-order valence-corrected chi connectivity index (χ4v) is 1.27. The number of rotatable bonds is 6. The second kappa shape index (κ2) is 6.30. The molecule has 1 aromatic heterocycles. The van der Waals surface area contributed by atoms with Crippen molar-refractivity contribution in [2.24, 2.45) is 5.73 Å². The van der Waals surface area contributed by atoms with Gasteiger partial charge in [0.1, 0.15) is 6.33 Å². The molecular formula is C12H20N4O2. The highest BCUT2D eigenvalue weighted by molar-refractivity contribution is 5.76. The molecule has 1 heterocycles. The summed E-state index contributed by atoms with van der Waals surface area (Å²) in [5.74, 6) is 0.424. The number of hydrogen-bond acceptors (Lipinski definition) is 5. The first kappa shape index (κ1) is 14.4. The van der Waals surface area contributed by atoms with Crippen LogP contribution in [0, 0.1) is 6.92 Å². The quantitative estimate of drug-likeness (QED) is 0.765. The van der Waals surface area contributed by atoms with E-state index in [0.717, 1.165) is 5.56 Å². The third-order valence-corrected chi connectivity index (χ3v) is 2.40. The summed E-state index contributed by atoms with van der Waals surface area (Å²) in [5, 5.41) is 2.83. The van der Waals surface area contributed by atoms with E-state index in [0.29, 0.717) is 12.4 Å². The molecule has 0 fully saturated rings. The number of hydrogen-bond donors (Lipinski definition) is 2. The Morgan fingerprint density at radius 3 is 2.89 bits per heavy atom. The number of carbonyl (C=O) groups excluding carboxylic acids is 1. The van der Waals surface area contributed by atoms with Gasteiger partial charge in [-0.25, -0.2) is 9.97 Å². The van der Waals surface area contributed by atoms with Gasteiger partial charge in [0.2, 0.25) is 11.8 Å². The maximum Gasteiger partial charge on any atom is 0.223 e. The monoisotopic (exact) mass is 252 g/mol. The third kappa shape index (κ3) is 4.67. The van der Waals surface area contributed by atoms with Crippen molar-refractivity contribution in [2.75, 3.05) is 13.2 Å². The molecule has 0 unspecified atom stereocenters. The van der Waals surface area contributed by atoms with Crippen LogP contribution >= 0.6 is 0 Å².